The summed E-state index contributed by atoms with van der Waals surface area (Å²) in [7, 11) is 1.63. The Hall–Kier alpha value is -2.63. The second-order valence-corrected chi connectivity index (χ2v) is 7.90. The maximum absolute atomic E-state index is 12.9. The van der Waals surface area contributed by atoms with Gasteiger partial charge in [-0.2, -0.15) is 0 Å². The number of nitrogens with zero attached hydrogens (tertiary/aromatic N) is 1. The van der Waals surface area contributed by atoms with Crippen LogP contribution in [-0.4, -0.2) is 17.1 Å². The number of ether oxygens (including phenoxy) is 1. The van der Waals surface area contributed by atoms with Crippen LogP contribution in [0.15, 0.2) is 53.3 Å². The monoisotopic (exact) mass is 396 g/mol. The Morgan fingerprint density at radius 1 is 1.19 bits per heavy atom. The average Bonchev–Trinajstić information content (AvgIpc) is 3.00. The molecule has 2 aromatic carbocycles. The number of nitrogens with one attached hydrogen (secondary N) is 1. The van der Waals surface area contributed by atoms with Gasteiger partial charge in [-0.25, -0.2) is 4.98 Å². The van der Waals surface area contributed by atoms with E-state index in [2.05, 4.69) is 4.98 Å². The molecular weight excluding hydrogens is 380 g/mol. The number of benzene rings is 2. The summed E-state index contributed by atoms with van der Waals surface area (Å²) in [5, 5.41) is 1.32. The van der Waals surface area contributed by atoms with Crippen LogP contribution in [0.3, 0.4) is 0 Å². The largest absolute Gasteiger partial charge is 0.497 e. The van der Waals surface area contributed by atoms with E-state index in [9.17, 15) is 4.79 Å². The summed E-state index contributed by atoms with van der Waals surface area (Å²) in [4.78, 5) is 22.3. The molecule has 0 spiro atoms. The summed E-state index contributed by atoms with van der Waals surface area (Å²) >= 11 is 7.47. The van der Waals surface area contributed by atoms with Crippen molar-refractivity contribution in [1.29, 1.82) is 0 Å². The molecule has 136 valence electrons. The van der Waals surface area contributed by atoms with Gasteiger partial charge in [0.15, 0.2) is 0 Å². The van der Waals surface area contributed by atoms with E-state index in [-0.39, 0.29) is 5.56 Å². The first-order valence-electron chi connectivity index (χ1n) is 8.46. The second-order valence-electron chi connectivity index (χ2n) is 6.26. The summed E-state index contributed by atoms with van der Waals surface area (Å²) in [6.07, 6.45) is 0.549. The van der Waals surface area contributed by atoms with E-state index in [0.717, 1.165) is 32.1 Å². The van der Waals surface area contributed by atoms with E-state index in [1.165, 1.54) is 11.3 Å². The highest BCUT2D eigenvalue weighted by Gasteiger charge is 2.17. The van der Waals surface area contributed by atoms with Crippen LogP contribution in [-0.2, 0) is 6.42 Å². The van der Waals surface area contributed by atoms with Gasteiger partial charge in [0.1, 0.15) is 16.4 Å². The standard InChI is InChI=1S/C21H17ClN2O2S/c1-12-18(14-4-3-5-16(11-14)26-2)19-20(25)23-17(24-21(19)27-12)10-13-6-8-15(22)9-7-13/h3-9,11H,10H2,1-2H3,(H,23,24,25). The SMILES string of the molecule is COc1cccc(-c2c(C)sc3nc(Cc4ccc(Cl)cc4)[nH]c(=O)c23)c1. The minimum atomic E-state index is -0.119. The zero-order chi connectivity index (χ0) is 19.0. The minimum Gasteiger partial charge on any atom is -0.497 e. The number of hydrogen-bond donors (Lipinski definition) is 1. The summed E-state index contributed by atoms with van der Waals surface area (Å²) < 4.78 is 5.32. The molecule has 2 heterocycles. The molecule has 0 aliphatic heterocycles. The molecule has 1 N–H and O–H groups in total. The van der Waals surface area contributed by atoms with Crippen molar-refractivity contribution in [2.75, 3.05) is 7.11 Å². The predicted molar refractivity (Wildman–Crippen MR) is 111 cm³/mol. The van der Waals surface area contributed by atoms with Gasteiger partial charge in [0.2, 0.25) is 0 Å². The molecule has 0 atom stereocenters. The van der Waals surface area contributed by atoms with Crippen LogP contribution in [0.4, 0.5) is 0 Å². The van der Waals surface area contributed by atoms with Crippen molar-refractivity contribution in [2.45, 2.75) is 13.3 Å². The average molecular weight is 397 g/mol. The number of rotatable bonds is 4. The van der Waals surface area contributed by atoms with Crippen LogP contribution in [0.5, 0.6) is 5.75 Å². The third-order valence-electron chi connectivity index (χ3n) is 4.43. The first-order chi connectivity index (χ1) is 13.0. The number of H-pyrrole nitrogens is 1. The van der Waals surface area contributed by atoms with E-state index in [0.29, 0.717) is 22.7 Å². The Balaban J connectivity index is 1.81. The third kappa shape index (κ3) is 3.48. The molecule has 0 saturated carbocycles. The first kappa shape index (κ1) is 17.8. The Kier molecular flexibility index (Phi) is 4.72. The molecule has 6 heteroatoms. The Labute approximate surface area is 165 Å². The lowest BCUT2D eigenvalue weighted by atomic mass is 10.0. The molecule has 0 aliphatic carbocycles. The fraction of sp³-hybridized carbons (Fsp3) is 0.143. The topological polar surface area (TPSA) is 55.0 Å². The molecule has 0 unspecified atom stereocenters. The smallest absolute Gasteiger partial charge is 0.260 e. The molecule has 4 rings (SSSR count). The number of halogens is 1. The van der Waals surface area contributed by atoms with Crippen LogP contribution < -0.4 is 10.3 Å². The quantitative estimate of drug-likeness (QED) is 0.515. The lowest BCUT2D eigenvalue weighted by Gasteiger charge is -2.05. The van der Waals surface area contributed by atoms with Gasteiger partial charge in [-0.3, -0.25) is 4.79 Å². The van der Waals surface area contributed by atoms with E-state index in [4.69, 9.17) is 21.3 Å². The Bertz CT molecular complexity index is 1180. The molecule has 0 bridgehead atoms. The van der Waals surface area contributed by atoms with Crippen LogP contribution in [0.25, 0.3) is 21.3 Å². The van der Waals surface area contributed by atoms with Gasteiger partial charge in [-0.1, -0.05) is 35.9 Å². The van der Waals surface area contributed by atoms with Crippen molar-refractivity contribution in [3.05, 3.63) is 80.2 Å². The van der Waals surface area contributed by atoms with Crippen molar-refractivity contribution in [2.24, 2.45) is 0 Å². The zero-order valence-electron chi connectivity index (χ0n) is 14.9. The van der Waals surface area contributed by atoms with Gasteiger partial charge in [-0.05, 0) is 42.3 Å². The highest BCUT2D eigenvalue weighted by molar-refractivity contribution is 7.19. The molecule has 4 nitrogen and oxygen atoms in total. The molecule has 4 aromatic rings. The molecule has 2 aromatic heterocycles. The fourth-order valence-electron chi connectivity index (χ4n) is 3.17. The van der Waals surface area contributed by atoms with E-state index < -0.39 is 0 Å². The Morgan fingerprint density at radius 3 is 2.70 bits per heavy atom. The number of aromatic amines is 1. The maximum atomic E-state index is 12.9. The van der Waals surface area contributed by atoms with Gasteiger partial charge < -0.3 is 9.72 Å². The summed E-state index contributed by atoms with van der Waals surface area (Å²) in [5.74, 6) is 1.41. The number of methoxy groups -OCH3 is 1. The first-order valence-corrected chi connectivity index (χ1v) is 9.66. The highest BCUT2D eigenvalue weighted by atomic mass is 35.5. The predicted octanol–water partition coefficient (Wildman–Crippen LogP) is 5.21. The lowest BCUT2D eigenvalue weighted by Crippen LogP contribution is -2.11. The lowest BCUT2D eigenvalue weighted by molar-refractivity contribution is 0.415. The summed E-state index contributed by atoms with van der Waals surface area (Å²) in [5.41, 5.74) is 2.80. The van der Waals surface area contributed by atoms with Gasteiger partial charge in [0.05, 0.1) is 12.5 Å². The molecule has 0 amide bonds. The van der Waals surface area contributed by atoms with E-state index in [1.807, 2.05) is 55.5 Å². The summed E-state index contributed by atoms with van der Waals surface area (Å²) in [6.45, 7) is 2.01. The summed E-state index contributed by atoms with van der Waals surface area (Å²) in [6, 6.07) is 15.3. The van der Waals surface area contributed by atoms with Crippen molar-refractivity contribution in [3.8, 4) is 16.9 Å². The van der Waals surface area contributed by atoms with Crippen molar-refractivity contribution < 1.29 is 4.74 Å². The van der Waals surface area contributed by atoms with Crippen molar-refractivity contribution in [1.82, 2.24) is 9.97 Å². The minimum absolute atomic E-state index is 0.119. The molecule has 0 aliphatic rings. The third-order valence-corrected chi connectivity index (χ3v) is 5.68. The zero-order valence-corrected chi connectivity index (χ0v) is 16.4. The van der Waals surface area contributed by atoms with E-state index in [1.54, 1.807) is 7.11 Å². The molecule has 27 heavy (non-hydrogen) atoms. The second kappa shape index (κ2) is 7.18. The van der Waals surface area contributed by atoms with Crippen LogP contribution in [0, 0.1) is 6.92 Å². The van der Waals surface area contributed by atoms with Gasteiger partial charge in [0, 0.05) is 21.9 Å². The highest BCUT2D eigenvalue weighted by Crippen LogP contribution is 2.36. The molecule has 0 saturated heterocycles. The number of hydrogen-bond acceptors (Lipinski definition) is 4. The number of thiophene rings is 1. The number of fused-ring (bicyclic) bond motifs is 1. The van der Waals surface area contributed by atoms with Gasteiger partial charge in [-0.15, -0.1) is 11.3 Å². The van der Waals surface area contributed by atoms with Gasteiger partial charge in [0.25, 0.3) is 5.56 Å². The molecular formula is C21H17ClN2O2S. The number of aromatic nitrogens is 2. The molecule has 0 fully saturated rings. The van der Waals surface area contributed by atoms with Gasteiger partial charge >= 0.3 is 0 Å². The van der Waals surface area contributed by atoms with Crippen LogP contribution in [0.2, 0.25) is 5.02 Å². The fourth-order valence-corrected chi connectivity index (χ4v) is 4.36. The normalized spacial score (nSPS) is 11.1. The maximum Gasteiger partial charge on any atom is 0.260 e. The van der Waals surface area contributed by atoms with Crippen molar-refractivity contribution >= 4 is 33.2 Å². The Morgan fingerprint density at radius 2 is 1.96 bits per heavy atom. The van der Waals surface area contributed by atoms with Crippen LogP contribution in [0.1, 0.15) is 16.3 Å². The van der Waals surface area contributed by atoms with Crippen LogP contribution >= 0.6 is 22.9 Å². The van der Waals surface area contributed by atoms with E-state index >= 15 is 0 Å². The van der Waals surface area contributed by atoms with Crippen molar-refractivity contribution in [3.63, 3.8) is 0 Å². The molecule has 0 radical (unpaired) electrons. The number of aryl methyl sites for hydroxylation is 1.